The maximum Gasteiger partial charge on any atom is 0.278 e. The second-order valence-corrected chi connectivity index (χ2v) is 11.6. The average Bonchev–Trinajstić information content (AvgIpc) is 3.70. The summed E-state index contributed by atoms with van der Waals surface area (Å²) in [6, 6.07) is 6.33. The van der Waals surface area contributed by atoms with E-state index < -0.39 is 5.54 Å². The van der Waals surface area contributed by atoms with Crippen LogP contribution in [0.1, 0.15) is 52.1 Å². The molecular formula is C29H39N9O2. The lowest BCUT2D eigenvalue weighted by molar-refractivity contribution is -0.122. The Morgan fingerprint density at radius 3 is 2.50 bits per heavy atom. The number of aryl methyl sites for hydroxylation is 1. The molecule has 2 aromatic heterocycles. The van der Waals surface area contributed by atoms with Gasteiger partial charge in [0.15, 0.2) is 11.5 Å². The van der Waals surface area contributed by atoms with Crippen molar-refractivity contribution in [3.63, 3.8) is 0 Å². The molecule has 0 bridgehead atoms. The van der Waals surface area contributed by atoms with Gasteiger partial charge in [-0.15, -0.1) is 5.10 Å². The van der Waals surface area contributed by atoms with Gasteiger partial charge in [0.25, 0.3) is 5.56 Å². The summed E-state index contributed by atoms with van der Waals surface area (Å²) in [5.74, 6) is 0.810. The topological polar surface area (TPSA) is 104 Å². The molecule has 40 heavy (non-hydrogen) atoms. The molecule has 11 heteroatoms. The summed E-state index contributed by atoms with van der Waals surface area (Å²) in [4.78, 5) is 39.4. The fourth-order valence-electron chi connectivity index (χ4n) is 4.93. The SMILES string of the molecule is C/C=C\C(=N/N(C=O)C(C)(C)C)n1c2nc(Nc3ccc(N4CCN(C)CC4)c(C)c3)ncc2c(=O)n1C1CC1. The number of piperazine rings is 1. The lowest BCUT2D eigenvalue weighted by Crippen LogP contribution is -2.44. The van der Waals surface area contributed by atoms with E-state index in [1.807, 2.05) is 39.8 Å². The molecular weight excluding hydrogens is 506 g/mol. The molecule has 1 aliphatic heterocycles. The molecule has 0 unspecified atom stereocenters. The van der Waals surface area contributed by atoms with Crippen LogP contribution in [0.25, 0.3) is 11.0 Å². The highest BCUT2D eigenvalue weighted by Crippen LogP contribution is 2.35. The summed E-state index contributed by atoms with van der Waals surface area (Å²) in [7, 11) is 2.16. The third-order valence-corrected chi connectivity index (χ3v) is 7.34. The molecule has 11 nitrogen and oxygen atoms in total. The number of anilines is 3. The normalized spacial score (nSPS) is 17.1. The number of allylic oxidation sites excluding steroid dienone is 2. The monoisotopic (exact) mass is 545 g/mol. The number of carbonyl (C=O) groups excluding carboxylic acids is 1. The minimum absolute atomic E-state index is 0.0534. The third kappa shape index (κ3) is 5.51. The first kappa shape index (κ1) is 27.6. The zero-order valence-electron chi connectivity index (χ0n) is 24.3. The molecule has 0 atom stereocenters. The Morgan fingerprint density at radius 2 is 1.90 bits per heavy atom. The summed E-state index contributed by atoms with van der Waals surface area (Å²) in [5.41, 5.74) is 3.01. The molecule has 1 amide bonds. The van der Waals surface area contributed by atoms with E-state index in [-0.39, 0.29) is 11.6 Å². The van der Waals surface area contributed by atoms with Crippen LogP contribution in [0, 0.1) is 6.92 Å². The predicted octanol–water partition coefficient (Wildman–Crippen LogP) is 3.73. The number of nitrogens with one attached hydrogen (secondary N) is 1. The van der Waals surface area contributed by atoms with Gasteiger partial charge < -0.3 is 15.1 Å². The zero-order chi connectivity index (χ0) is 28.6. The number of carbonyl (C=O) groups is 1. The van der Waals surface area contributed by atoms with E-state index in [9.17, 15) is 9.59 Å². The van der Waals surface area contributed by atoms with Crippen LogP contribution in [-0.2, 0) is 4.79 Å². The second kappa shape index (κ2) is 10.9. The van der Waals surface area contributed by atoms with Crippen molar-refractivity contribution >= 4 is 40.6 Å². The Kier molecular flexibility index (Phi) is 7.50. The average molecular weight is 546 g/mol. The number of hydrazone groups is 1. The van der Waals surface area contributed by atoms with E-state index in [4.69, 9.17) is 4.98 Å². The molecule has 1 aliphatic carbocycles. The molecule has 0 spiro atoms. The van der Waals surface area contributed by atoms with Crippen LogP contribution in [0.15, 0.2) is 46.4 Å². The number of rotatable bonds is 7. The number of aromatic nitrogens is 4. The predicted molar refractivity (Wildman–Crippen MR) is 160 cm³/mol. The standard InChI is InChI=1S/C29H39N9O2/c1-7-8-25(33-36(19-39)29(3,4)5)38-26-23(27(40)37(38)22-10-11-22)18-30-28(32-26)31-21-9-12-24(20(2)17-21)35-15-13-34(6)14-16-35/h7-9,12,17-19,22H,10-11,13-16H2,1-6H3,(H,30,31,32)/b8-7-,33-25+. The minimum atomic E-state index is -0.544. The number of amides is 1. The Balaban J connectivity index is 1.54. The molecule has 0 radical (unpaired) electrons. The van der Waals surface area contributed by atoms with E-state index >= 15 is 0 Å². The highest BCUT2D eigenvalue weighted by atomic mass is 16.1. The number of likely N-dealkylation sites (N-methyl/N-ethyl adjacent to an activating group) is 1. The molecule has 3 aromatic rings. The number of nitrogens with zero attached hydrogens (tertiary/aromatic N) is 8. The zero-order valence-corrected chi connectivity index (χ0v) is 24.3. The summed E-state index contributed by atoms with van der Waals surface area (Å²) >= 11 is 0. The molecule has 2 aliphatic rings. The van der Waals surface area contributed by atoms with Gasteiger partial charge in [-0.05, 0) is 84.3 Å². The number of benzene rings is 1. The summed E-state index contributed by atoms with van der Waals surface area (Å²) in [5, 5.41) is 9.75. The van der Waals surface area contributed by atoms with Crippen LogP contribution in [0.2, 0.25) is 0 Å². The van der Waals surface area contributed by atoms with Gasteiger partial charge in [0, 0.05) is 43.8 Å². The van der Waals surface area contributed by atoms with E-state index in [1.54, 1.807) is 21.6 Å². The summed E-state index contributed by atoms with van der Waals surface area (Å²) in [6.45, 7) is 13.8. The fourth-order valence-corrected chi connectivity index (χ4v) is 4.93. The summed E-state index contributed by atoms with van der Waals surface area (Å²) < 4.78 is 3.43. The number of hydrogen-bond acceptors (Lipinski definition) is 8. The van der Waals surface area contributed by atoms with Gasteiger partial charge in [-0.1, -0.05) is 6.08 Å². The van der Waals surface area contributed by atoms with Crippen molar-refractivity contribution in [3.05, 3.63) is 52.5 Å². The Morgan fingerprint density at radius 1 is 1.18 bits per heavy atom. The molecule has 212 valence electrons. The van der Waals surface area contributed by atoms with Gasteiger partial charge >= 0.3 is 0 Å². The highest BCUT2D eigenvalue weighted by Gasteiger charge is 2.32. The van der Waals surface area contributed by atoms with Crippen LogP contribution in [0.4, 0.5) is 17.3 Å². The van der Waals surface area contributed by atoms with Crippen molar-refractivity contribution in [2.75, 3.05) is 43.4 Å². The highest BCUT2D eigenvalue weighted by molar-refractivity contribution is 5.99. The lowest BCUT2D eigenvalue weighted by Gasteiger charge is -2.35. The largest absolute Gasteiger partial charge is 0.369 e. The van der Waals surface area contributed by atoms with E-state index in [0.29, 0.717) is 29.2 Å². The Labute approximate surface area is 234 Å². The van der Waals surface area contributed by atoms with E-state index in [1.165, 1.54) is 16.3 Å². The maximum absolute atomic E-state index is 13.5. The van der Waals surface area contributed by atoms with Gasteiger partial charge in [0.05, 0.1) is 11.6 Å². The quantitative estimate of drug-likeness (QED) is 0.209. The smallest absolute Gasteiger partial charge is 0.278 e. The van der Waals surface area contributed by atoms with Gasteiger partial charge in [0.2, 0.25) is 12.4 Å². The number of hydrogen-bond donors (Lipinski definition) is 1. The maximum atomic E-state index is 13.5. The second-order valence-electron chi connectivity index (χ2n) is 11.6. The minimum Gasteiger partial charge on any atom is -0.369 e. The molecule has 1 saturated carbocycles. The molecule has 1 N–H and O–H groups in total. The Bertz CT molecular complexity index is 1520. The summed E-state index contributed by atoms with van der Waals surface area (Å²) in [6.07, 6.45) is 7.69. The van der Waals surface area contributed by atoms with Gasteiger partial charge in [0.1, 0.15) is 5.39 Å². The van der Waals surface area contributed by atoms with E-state index in [0.717, 1.165) is 44.7 Å². The van der Waals surface area contributed by atoms with Gasteiger partial charge in [-0.3, -0.25) is 9.59 Å². The van der Waals surface area contributed by atoms with Crippen molar-refractivity contribution in [1.29, 1.82) is 0 Å². The van der Waals surface area contributed by atoms with Crippen molar-refractivity contribution in [2.45, 2.75) is 59.0 Å². The molecule has 3 heterocycles. The van der Waals surface area contributed by atoms with Crippen LogP contribution >= 0.6 is 0 Å². The van der Waals surface area contributed by atoms with Gasteiger partial charge in [-0.2, -0.15) is 4.98 Å². The first-order chi connectivity index (χ1) is 19.1. The molecule has 1 aromatic carbocycles. The van der Waals surface area contributed by atoms with Crippen LogP contribution in [0.5, 0.6) is 0 Å². The van der Waals surface area contributed by atoms with Gasteiger partial charge in [-0.25, -0.2) is 19.4 Å². The third-order valence-electron chi connectivity index (χ3n) is 7.34. The first-order valence-corrected chi connectivity index (χ1v) is 13.9. The Hall–Kier alpha value is -3.99. The first-order valence-electron chi connectivity index (χ1n) is 13.9. The van der Waals surface area contributed by atoms with Crippen LogP contribution in [-0.4, -0.2) is 80.3 Å². The molecule has 1 saturated heterocycles. The van der Waals surface area contributed by atoms with Crippen molar-refractivity contribution in [1.82, 2.24) is 29.2 Å². The van der Waals surface area contributed by atoms with Crippen molar-refractivity contribution in [2.24, 2.45) is 5.10 Å². The van der Waals surface area contributed by atoms with Crippen molar-refractivity contribution < 1.29 is 4.79 Å². The number of fused-ring (bicyclic) bond motifs is 1. The molecule has 2 fully saturated rings. The van der Waals surface area contributed by atoms with Crippen molar-refractivity contribution in [3.8, 4) is 0 Å². The lowest BCUT2D eigenvalue weighted by atomic mass is 10.1. The van der Waals surface area contributed by atoms with E-state index in [2.05, 4.69) is 51.3 Å². The fraction of sp³-hybridized carbons (Fsp3) is 0.483. The molecule has 5 rings (SSSR count). The van der Waals surface area contributed by atoms with Crippen LogP contribution < -0.4 is 15.8 Å². The van der Waals surface area contributed by atoms with Crippen LogP contribution in [0.3, 0.4) is 0 Å².